The maximum Gasteiger partial charge on any atom is 0.230 e. The van der Waals surface area contributed by atoms with Gasteiger partial charge >= 0.3 is 0 Å². The molecule has 136 valence electrons. The Kier molecular flexibility index (Phi) is 15.4. The second-order valence-corrected chi connectivity index (χ2v) is 6.80. The van der Waals surface area contributed by atoms with Crippen LogP contribution in [0.15, 0.2) is 0 Å². The molecule has 23 heavy (non-hydrogen) atoms. The molecule has 0 N–H and O–H groups in total. The van der Waals surface area contributed by atoms with Crippen molar-refractivity contribution in [2.75, 3.05) is 13.1 Å². The van der Waals surface area contributed by atoms with Gasteiger partial charge < -0.3 is 4.90 Å². The van der Waals surface area contributed by atoms with E-state index in [9.17, 15) is 9.59 Å². The Bertz CT molecular complexity index is 302. The minimum absolute atomic E-state index is 0.0156. The van der Waals surface area contributed by atoms with Gasteiger partial charge in [-0.3, -0.25) is 9.59 Å². The molecule has 1 amide bonds. The van der Waals surface area contributed by atoms with Crippen molar-refractivity contribution in [1.82, 2.24) is 4.90 Å². The Balaban J connectivity index is 3.69. The summed E-state index contributed by atoms with van der Waals surface area (Å²) in [6, 6.07) is 0. The van der Waals surface area contributed by atoms with E-state index >= 15 is 0 Å². The fourth-order valence-corrected chi connectivity index (χ4v) is 2.83. The summed E-state index contributed by atoms with van der Waals surface area (Å²) in [6.07, 6.45) is 15.3. The van der Waals surface area contributed by atoms with Crippen LogP contribution in [-0.2, 0) is 9.59 Å². The lowest BCUT2D eigenvalue weighted by Crippen LogP contribution is -2.33. The average molecular weight is 326 g/mol. The van der Waals surface area contributed by atoms with E-state index in [1.807, 2.05) is 4.90 Å². The molecular weight excluding hydrogens is 286 g/mol. The predicted molar refractivity (Wildman–Crippen MR) is 98.6 cm³/mol. The Morgan fingerprint density at radius 2 is 1.09 bits per heavy atom. The summed E-state index contributed by atoms with van der Waals surface area (Å²) < 4.78 is 0. The third-order valence-electron chi connectivity index (χ3n) is 4.32. The number of amides is 1. The molecule has 3 nitrogen and oxygen atoms in total. The zero-order chi connectivity index (χ0) is 17.3. The van der Waals surface area contributed by atoms with Crippen LogP contribution in [0.25, 0.3) is 0 Å². The molecule has 0 aromatic heterocycles. The van der Waals surface area contributed by atoms with Crippen molar-refractivity contribution in [3.8, 4) is 0 Å². The highest BCUT2D eigenvalue weighted by atomic mass is 16.2. The average Bonchev–Trinajstić information content (AvgIpc) is 2.51. The summed E-state index contributed by atoms with van der Waals surface area (Å²) in [7, 11) is 0. The van der Waals surface area contributed by atoms with Crippen LogP contribution in [0.5, 0.6) is 0 Å². The number of carbonyl (C=O) groups is 2. The highest BCUT2D eigenvalue weighted by Crippen LogP contribution is 2.11. The minimum Gasteiger partial charge on any atom is -0.342 e. The minimum atomic E-state index is -0.0282. The normalized spacial score (nSPS) is 10.7. The lowest BCUT2D eigenvalue weighted by molar-refractivity contribution is -0.135. The zero-order valence-electron chi connectivity index (χ0n) is 15.9. The quantitative estimate of drug-likeness (QED) is 0.277. The molecule has 0 atom stereocenters. The fourth-order valence-electron chi connectivity index (χ4n) is 2.83. The summed E-state index contributed by atoms with van der Waals surface area (Å²) in [5.41, 5.74) is 0. The number of hydrogen-bond acceptors (Lipinski definition) is 2. The van der Waals surface area contributed by atoms with E-state index < -0.39 is 0 Å². The molecule has 0 unspecified atom stereocenters. The van der Waals surface area contributed by atoms with Crippen LogP contribution in [0, 0.1) is 0 Å². The highest BCUT2D eigenvalue weighted by molar-refractivity contribution is 5.96. The summed E-state index contributed by atoms with van der Waals surface area (Å²) in [5, 5.41) is 0. The van der Waals surface area contributed by atoms with Gasteiger partial charge in [0.05, 0.1) is 6.42 Å². The maximum absolute atomic E-state index is 12.1. The lowest BCUT2D eigenvalue weighted by atomic mass is 10.1. The van der Waals surface area contributed by atoms with Gasteiger partial charge in [0.15, 0.2) is 0 Å². The Morgan fingerprint density at radius 1 is 0.652 bits per heavy atom. The van der Waals surface area contributed by atoms with Crippen molar-refractivity contribution in [2.24, 2.45) is 0 Å². The molecule has 0 aliphatic rings. The van der Waals surface area contributed by atoms with E-state index in [4.69, 9.17) is 0 Å². The van der Waals surface area contributed by atoms with Crippen molar-refractivity contribution < 1.29 is 9.59 Å². The number of Topliss-reactive ketones (excluding diaryl/α,β-unsaturated/α-hetero) is 1. The molecule has 0 aromatic rings. The Labute approximate surface area is 144 Å². The van der Waals surface area contributed by atoms with Gasteiger partial charge in [-0.25, -0.2) is 0 Å². The number of unbranched alkanes of at least 4 members (excludes halogenated alkanes) is 10. The Hall–Kier alpha value is -0.860. The SMILES string of the molecule is CCCCCCCCCCCCN(CCCC)C(=O)CC(C)=O. The van der Waals surface area contributed by atoms with Gasteiger partial charge in [0.2, 0.25) is 5.91 Å². The number of hydrogen-bond donors (Lipinski definition) is 0. The van der Waals surface area contributed by atoms with E-state index in [1.165, 1.54) is 64.7 Å². The largest absolute Gasteiger partial charge is 0.342 e. The first-order valence-electron chi connectivity index (χ1n) is 9.89. The first-order chi connectivity index (χ1) is 11.1. The Morgan fingerprint density at radius 3 is 1.57 bits per heavy atom. The summed E-state index contributed by atoms with van der Waals surface area (Å²) in [5.74, 6) is -0.0126. The topological polar surface area (TPSA) is 37.4 Å². The van der Waals surface area contributed by atoms with Crippen LogP contribution in [0.1, 0.15) is 104 Å². The van der Waals surface area contributed by atoms with E-state index in [0.717, 1.165) is 32.4 Å². The molecule has 0 rings (SSSR count). The maximum atomic E-state index is 12.1. The summed E-state index contributed by atoms with van der Waals surface area (Å²) in [6.45, 7) is 7.51. The summed E-state index contributed by atoms with van der Waals surface area (Å²) >= 11 is 0. The van der Waals surface area contributed by atoms with Crippen molar-refractivity contribution in [3.63, 3.8) is 0 Å². The van der Waals surface area contributed by atoms with E-state index in [1.54, 1.807) is 0 Å². The third kappa shape index (κ3) is 14.5. The van der Waals surface area contributed by atoms with Crippen LogP contribution in [0.4, 0.5) is 0 Å². The first-order valence-corrected chi connectivity index (χ1v) is 9.89. The molecular formula is C20H39NO2. The molecule has 0 aromatic carbocycles. The van der Waals surface area contributed by atoms with Crippen LogP contribution < -0.4 is 0 Å². The van der Waals surface area contributed by atoms with Gasteiger partial charge in [-0.05, 0) is 19.8 Å². The molecule has 3 heteroatoms. The molecule has 0 radical (unpaired) electrons. The number of rotatable bonds is 16. The predicted octanol–water partition coefficient (Wildman–Crippen LogP) is 5.52. The van der Waals surface area contributed by atoms with Crippen LogP contribution in [0.3, 0.4) is 0 Å². The smallest absolute Gasteiger partial charge is 0.230 e. The molecule has 0 bridgehead atoms. The first kappa shape index (κ1) is 22.1. The highest BCUT2D eigenvalue weighted by Gasteiger charge is 2.14. The molecule has 0 aliphatic heterocycles. The molecule has 0 saturated carbocycles. The van der Waals surface area contributed by atoms with Gasteiger partial charge in [0.25, 0.3) is 0 Å². The van der Waals surface area contributed by atoms with Crippen molar-refractivity contribution >= 4 is 11.7 Å². The number of carbonyl (C=O) groups excluding carboxylic acids is 2. The van der Waals surface area contributed by atoms with Crippen molar-refractivity contribution in [2.45, 2.75) is 104 Å². The van der Waals surface area contributed by atoms with Gasteiger partial charge in [0, 0.05) is 13.1 Å². The second kappa shape index (κ2) is 16.0. The van der Waals surface area contributed by atoms with E-state index in [0.29, 0.717) is 0 Å². The van der Waals surface area contributed by atoms with Gasteiger partial charge in [-0.2, -0.15) is 0 Å². The van der Waals surface area contributed by atoms with Crippen molar-refractivity contribution in [1.29, 1.82) is 0 Å². The van der Waals surface area contributed by atoms with Gasteiger partial charge in [-0.1, -0.05) is 78.1 Å². The summed E-state index contributed by atoms with van der Waals surface area (Å²) in [4.78, 5) is 25.1. The molecule has 0 heterocycles. The van der Waals surface area contributed by atoms with E-state index in [2.05, 4.69) is 13.8 Å². The fraction of sp³-hybridized carbons (Fsp3) is 0.900. The van der Waals surface area contributed by atoms with Gasteiger partial charge in [0.1, 0.15) is 5.78 Å². The molecule has 0 spiro atoms. The number of nitrogens with zero attached hydrogens (tertiary/aromatic N) is 1. The second-order valence-electron chi connectivity index (χ2n) is 6.80. The molecule has 0 saturated heterocycles. The molecule has 0 aliphatic carbocycles. The zero-order valence-corrected chi connectivity index (χ0v) is 15.9. The van der Waals surface area contributed by atoms with Crippen molar-refractivity contribution in [3.05, 3.63) is 0 Å². The van der Waals surface area contributed by atoms with Crippen LogP contribution in [-0.4, -0.2) is 29.7 Å². The number of ketones is 1. The van der Waals surface area contributed by atoms with Crippen LogP contribution in [0.2, 0.25) is 0 Å². The monoisotopic (exact) mass is 325 g/mol. The third-order valence-corrected chi connectivity index (χ3v) is 4.32. The van der Waals surface area contributed by atoms with E-state index in [-0.39, 0.29) is 18.1 Å². The van der Waals surface area contributed by atoms with Crippen LogP contribution >= 0.6 is 0 Å². The molecule has 0 fully saturated rings. The van der Waals surface area contributed by atoms with Gasteiger partial charge in [-0.15, -0.1) is 0 Å². The lowest BCUT2D eigenvalue weighted by Gasteiger charge is -2.22. The standard InChI is InChI=1S/C20H39NO2/c1-4-6-8-9-10-11-12-13-14-15-17-21(16-7-5-2)20(23)18-19(3)22/h4-18H2,1-3H3.